The summed E-state index contributed by atoms with van der Waals surface area (Å²) >= 11 is 0. The summed E-state index contributed by atoms with van der Waals surface area (Å²) in [4.78, 5) is 30.3. The van der Waals surface area contributed by atoms with Crippen molar-refractivity contribution in [1.29, 1.82) is 0 Å². The normalized spacial score (nSPS) is 22.9. The van der Waals surface area contributed by atoms with Gasteiger partial charge >= 0.3 is 6.18 Å². The molecule has 0 radical (unpaired) electrons. The predicted octanol–water partition coefficient (Wildman–Crippen LogP) is 3.41. The highest BCUT2D eigenvalue weighted by atomic mass is 19.4. The predicted molar refractivity (Wildman–Crippen MR) is 110 cm³/mol. The van der Waals surface area contributed by atoms with Crippen LogP contribution in [-0.2, 0) is 17.4 Å². The minimum Gasteiger partial charge on any atom is -0.487 e. The van der Waals surface area contributed by atoms with E-state index in [1.54, 1.807) is 0 Å². The Labute approximate surface area is 183 Å². The average molecular weight is 450 g/mol. The average Bonchev–Trinajstić information content (AvgIpc) is 2.67. The van der Waals surface area contributed by atoms with Crippen molar-refractivity contribution in [3.8, 4) is 5.75 Å². The molecule has 4 rings (SSSR count). The van der Waals surface area contributed by atoms with Crippen LogP contribution in [0.4, 0.5) is 24.7 Å². The number of hydrogen-bond acceptors (Lipinski definition) is 7. The van der Waals surface area contributed by atoms with E-state index in [0.717, 1.165) is 36.7 Å². The fraction of sp³-hybridized carbons (Fsp3) is 0.571. The zero-order chi connectivity index (χ0) is 23.2. The van der Waals surface area contributed by atoms with Crippen molar-refractivity contribution in [1.82, 2.24) is 19.9 Å². The number of amides is 1. The van der Waals surface area contributed by atoms with Gasteiger partial charge in [0.1, 0.15) is 17.6 Å². The van der Waals surface area contributed by atoms with Crippen molar-refractivity contribution in [3.63, 3.8) is 0 Å². The Morgan fingerprint density at radius 1 is 1.22 bits per heavy atom. The van der Waals surface area contributed by atoms with E-state index in [9.17, 15) is 18.0 Å². The van der Waals surface area contributed by atoms with E-state index in [-0.39, 0.29) is 29.7 Å². The maximum Gasteiger partial charge on any atom is 0.451 e. The summed E-state index contributed by atoms with van der Waals surface area (Å²) in [6.07, 6.45) is -0.442. The molecule has 2 aromatic rings. The number of rotatable bonds is 5. The van der Waals surface area contributed by atoms with Gasteiger partial charge < -0.3 is 15.0 Å². The lowest BCUT2D eigenvalue weighted by Crippen LogP contribution is -2.50. The number of alkyl halides is 3. The SMILES string of the molecule is Cc1nc(CC2CC(Oc3cnc(C(F)(F)F)nc3)C2)nc2c1NC(=O)[C@H](C(C)C)N2C. The zero-order valence-electron chi connectivity index (χ0n) is 18.3. The van der Waals surface area contributed by atoms with Gasteiger partial charge in [0.2, 0.25) is 11.7 Å². The van der Waals surface area contributed by atoms with Gasteiger partial charge in [-0.15, -0.1) is 0 Å². The summed E-state index contributed by atoms with van der Waals surface area (Å²) in [5.41, 5.74) is 1.37. The third kappa shape index (κ3) is 4.33. The molecule has 1 aliphatic carbocycles. The van der Waals surface area contributed by atoms with Gasteiger partial charge in [-0.25, -0.2) is 19.9 Å². The first-order valence-corrected chi connectivity index (χ1v) is 10.5. The number of nitrogens with zero attached hydrogens (tertiary/aromatic N) is 5. The fourth-order valence-corrected chi connectivity index (χ4v) is 4.27. The molecule has 2 aliphatic rings. The molecule has 1 atom stereocenters. The third-order valence-electron chi connectivity index (χ3n) is 5.86. The molecule has 11 heteroatoms. The second-order valence-corrected chi connectivity index (χ2v) is 8.73. The Morgan fingerprint density at radius 3 is 2.47 bits per heavy atom. The van der Waals surface area contributed by atoms with Crippen molar-refractivity contribution in [2.24, 2.45) is 11.8 Å². The molecular formula is C21H25F3N6O2. The standard InChI is InChI=1S/C21H25F3N6O2/c1-10(2)17-19(31)29-16-11(3)27-15(28-18(16)30(17)4)7-12-5-13(6-12)32-14-8-25-20(26-9-14)21(22,23)24/h8-10,12-13,17H,5-7H2,1-4H3,(H,29,31)/t12?,13?,17-/m0/s1. The number of ether oxygens (including phenoxy) is 1. The Balaban J connectivity index is 1.37. The van der Waals surface area contributed by atoms with Crippen LogP contribution in [0.2, 0.25) is 0 Å². The number of aryl methyl sites for hydroxylation is 1. The van der Waals surface area contributed by atoms with Crippen LogP contribution in [0.5, 0.6) is 5.75 Å². The molecule has 172 valence electrons. The number of halogens is 3. The van der Waals surface area contributed by atoms with Gasteiger partial charge in [-0.3, -0.25) is 4.79 Å². The van der Waals surface area contributed by atoms with Gasteiger partial charge in [-0.1, -0.05) is 13.8 Å². The van der Waals surface area contributed by atoms with Crippen LogP contribution in [0, 0.1) is 18.8 Å². The molecule has 1 aliphatic heterocycles. The lowest BCUT2D eigenvalue weighted by atomic mass is 9.80. The Morgan fingerprint density at radius 2 is 1.88 bits per heavy atom. The van der Waals surface area contributed by atoms with Crippen molar-refractivity contribution in [2.75, 3.05) is 17.3 Å². The van der Waals surface area contributed by atoms with Crippen LogP contribution in [0.15, 0.2) is 12.4 Å². The highest BCUT2D eigenvalue weighted by molar-refractivity contribution is 6.03. The van der Waals surface area contributed by atoms with E-state index in [1.807, 2.05) is 32.7 Å². The monoisotopic (exact) mass is 450 g/mol. The lowest BCUT2D eigenvalue weighted by Gasteiger charge is -2.38. The van der Waals surface area contributed by atoms with Crippen molar-refractivity contribution < 1.29 is 22.7 Å². The zero-order valence-corrected chi connectivity index (χ0v) is 18.3. The third-order valence-corrected chi connectivity index (χ3v) is 5.86. The van der Waals surface area contributed by atoms with E-state index in [1.165, 1.54) is 0 Å². The van der Waals surface area contributed by atoms with Crippen LogP contribution in [0.1, 0.15) is 44.0 Å². The number of hydrogen-bond donors (Lipinski definition) is 1. The minimum absolute atomic E-state index is 0.0549. The van der Waals surface area contributed by atoms with Crippen molar-refractivity contribution in [2.45, 2.75) is 58.4 Å². The smallest absolute Gasteiger partial charge is 0.451 e. The summed E-state index contributed by atoms with van der Waals surface area (Å²) in [6.45, 7) is 5.85. The number of carbonyl (C=O) groups is 1. The summed E-state index contributed by atoms with van der Waals surface area (Å²) in [7, 11) is 1.87. The number of fused-ring (bicyclic) bond motifs is 1. The molecule has 1 amide bonds. The molecule has 3 heterocycles. The van der Waals surface area contributed by atoms with Gasteiger partial charge in [0, 0.05) is 13.5 Å². The number of anilines is 2. The van der Waals surface area contributed by atoms with Crippen LogP contribution < -0.4 is 15.0 Å². The maximum atomic E-state index is 12.6. The molecule has 1 N–H and O–H groups in total. The summed E-state index contributed by atoms with van der Waals surface area (Å²) < 4.78 is 43.3. The molecule has 8 nitrogen and oxygen atoms in total. The van der Waals surface area contributed by atoms with Crippen molar-refractivity contribution >= 4 is 17.4 Å². The summed E-state index contributed by atoms with van der Waals surface area (Å²) in [5.74, 6) is 0.841. The molecule has 32 heavy (non-hydrogen) atoms. The molecule has 1 fully saturated rings. The van der Waals surface area contributed by atoms with E-state index >= 15 is 0 Å². The first-order valence-electron chi connectivity index (χ1n) is 10.5. The number of aromatic nitrogens is 4. The Bertz CT molecular complexity index is 1010. The molecule has 1 saturated carbocycles. The van der Waals surface area contributed by atoms with Crippen LogP contribution in [-0.4, -0.2) is 45.0 Å². The Kier molecular flexibility index (Phi) is 5.68. The maximum absolute atomic E-state index is 12.6. The van der Waals surface area contributed by atoms with Gasteiger partial charge in [0.05, 0.1) is 24.2 Å². The van der Waals surface area contributed by atoms with Gasteiger partial charge in [0.15, 0.2) is 11.6 Å². The van der Waals surface area contributed by atoms with E-state index in [0.29, 0.717) is 23.9 Å². The molecule has 0 bridgehead atoms. The number of carbonyl (C=O) groups excluding carboxylic acids is 1. The Hall–Kier alpha value is -2.98. The van der Waals surface area contributed by atoms with E-state index < -0.39 is 12.0 Å². The number of nitrogens with one attached hydrogen (secondary N) is 1. The van der Waals surface area contributed by atoms with Crippen LogP contribution in [0.3, 0.4) is 0 Å². The molecule has 0 spiro atoms. The topological polar surface area (TPSA) is 93.1 Å². The first kappa shape index (κ1) is 22.2. The van der Waals surface area contributed by atoms with Gasteiger partial charge in [0.25, 0.3) is 0 Å². The second-order valence-electron chi connectivity index (χ2n) is 8.73. The van der Waals surface area contributed by atoms with E-state index in [2.05, 4.69) is 20.3 Å². The van der Waals surface area contributed by atoms with Crippen molar-refractivity contribution in [3.05, 3.63) is 29.7 Å². The van der Waals surface area contributed by atoms with Gasteiger partial charge in [-0.2, -0.15) is 13.2 Å². The molecule has 0 unspecified atom stereocenters. The summed E-state index contributed by atoms with van der Waals surface area (Å²) in [6, 6.07) is -0.294. The molecule has 0 aromatic carbocycles. The second kappa shape index (κ2) is 8.18. The lowest BCUT2D eigenvalue weighted by molar-refractivity contribution is -0.145. The highest BCUT2D eigenvalue weighted by Gasteiger charge is 2.37. The van der Waals surface area contributed by atoms with Crippen LogP contribution >= 0.6 is 0 Å². The summed E-state index contributed by atoms with van der Waals surface area (Å²) in [5, 5.41) is 2.94. The minimum atomic E-state index is -4.57. The quantitative estimate of drug-likeness (QED) is 0.746. The highest BCUT2D eigenvalue weighted by Crippen LogP contribution is 2.37. The molecule has 0 saturated heterocycles. The fourth-order valence-electron chi connectivity index (χ4n) is 4.27. The van der Waals surface area contributed by atoms with Gasteiger partial charge in [-0.05, 0) is 31.6 Å². The molecule has 2 aromatic heterocycles. The largest absolute Gasteiger partial charge is 0.487 e. The number of likely N-dealkylation sites (N-methyl/N-ethyl adjacent to an activating group) is 1. The van der Waals surface area contributed by atoms with Crippen LogP contribution in [0.25, 0.3) is 0 Å². The first-order chi connectivity index (χ1) is 15.0. The van der Waals surface area contributed by atoms with E-state index in [4.69, 9.17) is 9.72 Å². The molecular weight excluding hydrogens is 425 g/mol.